The molecule has 0 radical (unpaired) electrons. The van der Waals surface area contributed by atoms with E-state index in [1.54, 1.807) is 12.3 Å². The average Bonchev–Trinajstić information content (AvgIpc) is 2.77. The second kappa shape index (κ2) is 5.90. The Labute approximate surface area is 111 Å². The Morgan fingerprint density at radius 3 is 2.95 bits per heavy atom. The topological polar surface area (TPSA) is 82.2 Å². The SMILES string of the molecule is CCOc1ccccc1NC(=O)Cn1cc(N)cn1. The molecule has 100 valence electrons. The molecule has 19 heavy (non-hydrogen) atoms. The molecule has 0 saturated heterocycles. The number of nitrogens with one attached hydrogen (secondary N) is 1. The number of hydrogen-bond donors (Lipinski definition) is 2. The third-order valence-electron chi connectivity index (χ3n) is 2.42. The van der Waals surface area contributed by atoms with Crippen LogP contribution in [0.2, 0.25) is 0 Å². The second-order valence-corrected chi connectivity index (χ2v) is 3.95. The fourth-order valence-corrected chi connectivity index (χ4v) is 1.65. The van der Waals surface area contributed by atoms with E-state index >= 15 is 0 Å². The van der Waals surface area contributed by atoms with Crippen LogP contribution in [-0.4, -0.2) is 22.3 Å². The highest BCUT2D eigenvalue weighted by Crippen LogP contribution is 2.23. The maximum absolute atomic E-state index is 11.9. The molecule has 0 saturated carbocycles. The molecular weight excluding hydrogens is 244 g/mol. The lowest BCUT2D eigenvalue weighted by atomic mass is 10.3. The first-order chi connectivity index (χ1) is 9.19. The summed E-state index contributed by atoms with van der Waals surface area (Å²) in [5, 5.41) is 6.74. The highest BCUT2D eigenvalue weighted by Gasteiger charge is 2.08. The van der Waals surface area contributed by atoms with Crippen LogP contribution in [0.3, 0.4) is 0 Å². The Morgan fingerprint density at radius 2 is 2.26 bits per heavy atom. The summed E-state index contributed by atoms with van der Waals surface area (Å²) in [6.45, 7) is 2.55. The third kappa shape index (κ3) is 3.48. The van der Waals surface area contributed by atoms with Crippen LogP contribution in [0.25, 0.3) is 0 Å². The summed E-state index contributed by atoms with van der Waals surface area (Å²) in [4.78, 5) is 11.9. The van der Waals surface area contributed by atoms with Crippen molar-refractivity contribution in [2.24, 2.45) is 0 Å². The predicted octanol–water partition coefficient (Wildman–Crippen LogP) is 1.50. The summed E-state index contributed by atoms with van der Waals surface area (Å²) < 4.78 is 6.92. The van der Waals surface area contributed by atoms with Gasteiger partial charge in [-0.3, -0.25) is 9.48 Å². The molecule has 0 fully saturated rings. The number of nitrogens with zero attached hydrogens (tertiary/aromatic N) is 2. The maximum Gasteiger partial charge on any atom is 0.246 e. The van der Waals surface area contributed by atoms with Crippen LogP contribution in [0.4, 0.5) is 11.4 Å². The Kier molecular flexibility index (Phi) is 4.02. The fraction of sp³-hybridized carbons (Fsp3) is 0.231. The standard InChI is InChI=1S/C13H16N4O2/c1-2-19-12-6-4-3-5-11(12)16-13(18)9-17-8-10(14)7-15-17/h3-8H,2,9,14H2,1H3,(H,16,18). The van der Waals surface area contributed by atoms with Gasteiger partial charge in [0.1, 0.15) is 12.3 Å². The van der Waals surface area contributed by atoms with Gasteiger partial charge in [-0.1, -0.05) is 12.1 Å². The van der Waals surface area contributed by atoms with Gasteiger partial charge in [0.05, 0.1) is 24.2 Å². The molecule has 2 rings (SSSR count). The molecule has 1 aromatic carbocycles. The van der Waals surface area contributed by atoms with Gasteiger partial charge in [0.25, 0.3) is 0 Å². The first-order valence-electron chi connectivity index (χ1n) is 5.98. The molecule has 0 aliphatic rings. The van der Waals surface area contributed by atoms with E-state index in [-0.39, 0.29) is 12.5 Å². The maximum atomic E-state index is 11.9. The van der Waals surface area contributed by atoms with Gasteiger partial charge in [-0.2, -0.15) is 5.10 Å². The average molecular weight is 260 g/mol. The first kappa shape index (κ1) is 12.9. The minimum absolute atomic E-state index is 0.109. The number of hydrogen-bond acceptors (Lipinski definition) is 4. The zero-order valence-electron chi connectivity index (χ0n) is 10.7. The van der Waals surface area contributed by atoms with E-state index in [9.17, 15) is 4.79 Å². The van der Waals surface area contributed by atoms with Crippen LogP contribution in [-0.2, 0) is 11.3 Å². The lowest BCUT2D eigenvalue weighted by Crippen LogP contribution is -2.19. The van der Waals surface area contributed by atoms with Crippen LogP contribution >= 0.6 is 0 Å². The molecule has 0 aliphatic heterocycles. The van der Waals surface area contributed by atoms with Crippen molar-refractivity contribution < 1.29 is 9.53 Å². The van der Waals surface area contributed by atoms with E-state index in [0.717, 1.165) is 0 Å². The zero-order chi connectivity index (χ0) is 13.7. The molecule has 6 nitrogen and oxygen atoms in total. The van der Waals surface area contributed by atoms with Crippen molar-refractivity contribution >= 4 is 17.3 Å². The number of carbonyl (C=O) groups is 1. The number of benzene rings is 1. The van der Waals surface area contributed by atoms with Crippen LogP contribution in [0, 0.1) is 0 Å². The van der Waals surface area contributed by atoms with E-state index in [1.807, 2.05) is 25.1 Å². The smallest absolute Gasteiger partial charge is 0.246 e. The number of nitrogens with two attached hydrogens (primary N) is 1. The number of rotatable bonds is 5. The largest absolute Gasteiger partial charge is 0.492 e. The van der Waals surface area contributed by atoms with Crippen LogP contribution in [0.5, 0.6) is 5.75 Å². The zero-order valence-corrected chi connectivity index (χ0v) is 10.7. The Morgan fingerprint density at radius 1 is 1.47 bits per heavy atom. The lowest BCUT2D eigenvalue weighted by Gasteiger charge is -2.11. The second-order valence-electron chi connectivity index (χ2n) is 3.95. The minimum atomic E-state index is -0.185. The quantitative estimate of drug-likeness (QED) is 0.853. The highest BCUT2D eigenvalue weighted by atomic mass is 16.5. The normalized spacial score (nSPS) is 10.2. The van der Waals surface area contributed by atoms with Crippen molar-refractivity contribution in [2.45, 2.75) is 13.5 Å². The van der Waals surface area contributed by atoms with Gasteiger partial charge in [-0.15, -0.1) is 0 Å². The Balaban J connectivity index is 2.02. The molecule has 2 aromatic rings. The number of amides is 1. The molecule has 0 atom stereocenters. The molecule has 0 unspecified atom stereocenters. The van der Waals surface area contributed by atoms with Crippen LogP contribution < -0.4 is 15.8 Å². The van der Waals surface area contributed by atoms with Gasteiger partial charge in [0, 0.05) is 6.20 Å². The van der Waals surface area contributed by atoms with Crippen molar-refractivity contribution in [2.75, 3.05) is 17.7 Å². The minimum Gasteiger partial charge on any atom is -0.492 e. The van der Waals surface area contributed by atoms with Crippen molar-refractivity contribution in [3.63, 3.8) is 0 Å². The molecular formula is C13H16N4O2. The number of para-hydroxylation sites is 2. The molecule has 3 N–H and O–H groups in total. The molecule has 6 heteroatoms. The van der Waals surface area contributed by atoms with Gasteiger partial charge in [-0.25, -0.2) is 0 Å². The van der Waals surface area contributed by atoms with Crippen LogP contribution in [0.1, 0.15) is 6.92 Å². The van der Waals surface area contributed by atoms with Gasteiger partial charge in [-0.05, 0) is 19.1 Å². The van der Waals surface area contributed by atoms with Gasteiger partial charge in [0.15, 0.2) is 0 Å². The van der Waals surface area contributed by atoms with Crippen molar-refractivity contribution in [1.82, 2.24) is 9.78 Å². The molecule has 1 aromatic heterocycles. The highest BCUT2D eigenvalue weighted by molar-refractivity contribution is 5.92. The van der Waals surface area contributed by atoms with E-state index in [0.29, 0.717) is 23.7 Å². The van der Waals surface area contributed by atoms with E-state index in [1.165, 1.54) is 10.9 Å². The molecule has 0 aliphatic carbocycles. The summed E-state index contributed by atoms with van der Waals surface area (Å²) in [6.07, 6.45) is 3.11. The lowest BCUT2D eigenvalue weighted by molar-refractivity contribution is -0.116. The summed E-state index contributed by atoms with van der Waals surface area (Å²) in [7, 11) is 0. The summed E-state index contributed by atoms with van der Waals surface area (Å²) in [5.41, 5.74) is 6.71. The Bertz CT molecular complexity index is 565. The predicted molar refractivity (Wildman–Crippen MR) is 72.9 cm³/mol. The van der Waals surface area contributed by atoms with E-state index in [2.05, 4.69) is 10.4 Å². The van der Waals surface area contributed by atoms with E-state index in [4.69, 9.17) is 10.5 Å². The number of aromatic nitrogens is 2. The molecule has 1 heterocycles. The number of ether oxygens (including phenoxy) is 1. The summed E-state index contributed by atoms with van der Waals surface area (Å²) in [6, 6.07) is 7.30. The van der Waals surface area contributed by atoms with Crippen molar-refractivity contribution in [3.05, 3.63) is 36.7 Å². The van der Waals surface area contributed by atoms with Crippen molar-refractivity contribution in [1.29, 1.82) is 0 Å². The summed E-state index contributed by atoms with van der Waals surface area (Å²) >= 11 is 0. The van der Waals surface area contributed by atoms with Gasteiger partial charge < -0.3 is 15.8 Å². The number of nitrogen functional groups attached to an aromatic ring is 1. The number of carbonyl (C=O) groups excluding carboxylic acids is 1. The molecule has 0 bridgehead atoms. The van der Waals surface area contributed by atoms with E-state index < -0.39 is 0 Å². The molecule has 0 spiro atoms. The molecule has 1 amide bonds. The monoisotopic (exact) mass is 260 g/mol. The third-order valence-corrected chi connectivity index (χ3v) is 2.42. The Hall–Kier alpha value is -2.50. The summed E-state index contributed by atoms with van der Waals surface area (Å²) in [5.74, 6) is 0.466. The fourth-order valence-electron chi connectivity index (χ4n) is 1.65. The van der Waals surface area contributed by atoms with Gasteiger partial charge in [0.2, 0.25) is 5.91 Å². The number of anilines is 2. The first-order valence-corrected chi connectivity index (χ1v) is 5.98. The van der Waals surface area contributed by atoms with Crippen LogP contribution in [0.15, 0.2) is 36.7 Å². The van der Waals surface area contributed by atoms with Crippen molar-refractivity contribution in [3.8, 4) is 5.75 Å². The van der Waals surface area contributed by atoms with Gasteiger partial charge >= 0.3 is 0 Å².